The maximum absolute atomic E-state index is 12.5. The van der Waals surface area contributed by atoms with E-state index < -0.39 is 17.2 Å². The third-order valence-corrected chi connectivity index (χ3v) is 5.79. The molecule has 2 aromatic carbocycles. The highest BCUT2D eigenvalue weighted by molar-refractivity contribution is 8.00. The molecule has 1 aromatic heterocycles. The third kappa shape index (κ3) is 4.83. The minimum absolute atomic E-state index is 0.0531. The topological polar surface area (TPSA) is 103 Å². The Hall–Kier alpha value is -3.13. The van der Waals surface area contributed by atoms with Crippen LogP contribution in [0.2, 0.25) is 0 Å². The molecule has 0 radical (unpaired) electrons. The fourth-order valence-electron chi connectivity index (χ4n) is 2.85. The van der Waals surface area contributed by atoms with Crippen molar-refractivity contribution in [2.45, 2.75) is 31.2 Å². The minimum Gasteiger partial charge on any atom is -0.351 e. The lowest BCUT2D eigenvalue weighted by molar-refractivity contribution is -0.120. The Labute approximate surface area is 173 Å². The largest absolute Gasteiger partial charge is 0.351 e. The molecule has 3 rings (SSSR count). The molecule has 3 aromatic rings. The number of thioether (sulfide) groups is 1. The molecule has 0 aliphatic carbocycles. The molecular formula is C21H23N5O2S. The fraction of sp³-hybridized carbons (Fsp3) is 0.238. The number of rotatable bonds is 6. The van der Waals surface area contributed by atoms with Gasteiger partial charge in [-0.25, -0.2) is 4.79 Å². The summed E-state index contributed by atoms with van der Waals surface area (Å²) in [7, 11) is 0. The van der Waals surface area contributed by atoms with Gasteiger partial charge in [0.05, 0.1) is 5.25 Å². The predicted octanol–water partition coefficient (Wildman–Crippen LogP) is 3.55. The Bertz CT molecular complexity index is 1000. The van der Waals surface area contributed by atoms with E-state index in [-0.39, 0.29) is 5.92 Å². The summed E-state index contributed by atoms with van der Waals surface area (Å²) in [5, 5.41) is 10.9. The number of amides is 3. The highest BCUT2D eigenvalue weighted by Crippen LogP contribution is 2.32. The highest BCUT2D eigenvalue weighted by Gasteiger charge is 2.28. The van der Waals surface area contributed by atoms with Crippen molar-refractivity contribution in [2.24, 2.45) is 11.7 Å². The number of nitrogens with two attached hydrogens (primary N) is 1. The van der Waals surface area contributed by atoms with Crippen molar-refractivity contribution in [1.82, 2.24) is 20.1 Å². The van der Waals surface area contributed by atoms with E-state index in [9.17, 15) is 9.59 Å². The molecule has 150 valence electrons. The van der Waals surface area contributed by atoms with Crippen LogP contribution in [0.25, 0.3) is 17.1 Å². The van der Waals surface area contributed by atoms with Gasteiger partial charge in [0.1, 0.15) is 0 Å². The number of urea groups is 1. The number of primary amides is 1. The Morgan fingerprint density at radius 1 is 1.03 bits per heavy atom. The van der Waals surface area contributed by atoms with Crippen LogP contribution in [0.15, 0.2) is 59.8 Å². The number of aromatic nitrogens is 3. The highest BCUT2D eigenvalue weighted by atomic mass is 32.2. The van der Waals surface area contributed by atoms with Crippen LogP contribution in [-0.2, 0) is 4.79 Å². The van der Waals surface area contributed by atoms with Crippen LogP contribution in [0.3, 0.4) is 0 Å². The first kappa shape index (κ1) is 20.6. The van der Waals surface area contributed by atoms with Gasteiger partial charge in [0.2, 0.25) is 5.91 Å². The molecule has 1 atom stereocenters. The lowest BCUT2D eigenvalue weighted by atomic mass is 10.1. The Morgan fingerprint density at radius 2 is 1.69 bits per heavy atom. The molecule has 3 amide bonds. The number of carbonyl (C=O) groups is 2. The van der Waals surface area contributed by atoms with E-state index in [1.165, 1.54) is 11.8 Å². The van der Waals surface area contributed by atoms with E-state index in [4.69, 9.17) is 5.73 Å². The van der Waals surface area contributed by atoms with Gasteiger partial charge in [0.25, 0.3) is 0 Å². The van der Waals surface area contributed by atoms with Crippen LogP contribution in [0, 0.1) is 12.8 Å². The van der Waals surface area contributed by atoms with Crippen LogP contribution < -0.4 is 11.1 Å². The molecule has 0 aliphatic heterocycles. The first-order valence-electron chi connectivity index (χ1n) is 9.21. The molecule has 0 bridgehead atoms. The van der Waals surface area contributed by atoms with Gasteiger partial charge in [-0.15, -0.1) is 10.2 Å². The molecule has 7 nitrogen and oxygen atoms in total. The maximum Gasteiger partial charge on any atom is 0.318 e. The van der Waals surface area contributed by atoms with Crippen molar-refractivity contribution in [3.8, 4) is 17.1 Å². The lowest BCUT2D eigenvalue weighted by Gasteiger charge is -2.19. The first-order valence-corrected chi connectivity index (χ1v) is 10.1. The van der Waals surface area contributed by atoms with E-state index >= 15 is 0 Å². The van der Waals surface area contributed by atoms with Crippen LogP contribution in [-0.4, -0.2) is 32.0 Å². The fourth-order valence-corrected chi connectivity index (χ4v) is 3.90. The van der Waals surface area contributed by atoms with E-state index in [2.05, 4.69) is 15.5 Å². The van der Waals surface area contributed by atoms with Gasteiger partial charge in [0.15, 0.2) is 11.0 Å². The van der Waals surface area contributed by atoms with Crippen LogP contribution >= 0.6 is 11.8 Å². The molecular weight excluding hydrogens is 386 g/mol. The Balaban J connectivity index is 2.06. The Morgan fingerprint density at radius 3 is 2.28 bits per heavy atom. The lowest BCUT2D eigenvalue weighted by Crippen LogP contribution is -2.42. The summed E-state index contributed by atoms with van der Waals surface area (Å²) < 4.78 is 1.92. The van der Waals surface area contributed by atoms with Gasteiger partial charge in [-0.2, -0.15) is 0 Å². The summed E-state index contributed by atoms with van der Waals surface area (Å²) in [5.41, 5.74) is 8.06. The monoisotopic (exact) mass is 409 g/mol. The summed E-state index contributed by atoms with van der Waals surface area (Å²) in [5.74, 6) is 0.176. The summed E-state index contributed by atoms with van der Waals surface area (Å²) in [4.78, 5) is 23.6. The van der Waals surface area contributed by atoms with Crippen LogP contribution in [0.5, 0.6) is 0 Å². The van der Waals surface area contributed by atoms with Crippen molar-refractivity contribution in [1.29, 1.82) is 0 Å². The van der Waals surface area contributed by atoms with Crippen molar-refractivity contribution >= 4 is 23.7 Å². The van der Waals surface area contributed by atoms with E-state index in [0.29, 0.717) is 11.0 Å². The normalized spacial score (nSPS) is 12.0. The van der Waals surface area contributed by atoms with E-state index in [1.807, 2.05) is 79.9 Å². The number of hydrogen-bond acceptors (Lipinski definition) is 5. The average Bonchev–Trinajstić information content (AvgIpc) is 3.10. The molecule has 1 unspecified atom stereocenters. The van der Waals surface area contributed by atoms with Crippen LogP contribution in [0.1, 0.15) is 19.4 Å². The van der Waals surface area contributed by atoms with Crippen molar-refractivity contribution in [3.05, 3.63) is 60.2 Å². The van der Waals surface area contributed by atoms with Gasteiger partial charge in [-0.05, 0) is 25.0 Å². The Kier molecular flexibility index (Phi) is 6.33. The second-order valence-corrected chi connectivity index (χ2v) is 8.09. The van der Waals surface area contributed by atoms with Crippen molar-refractivity contribution < 1.29 is 9.59 Å². The second-order valence-electron chi connectivity index (χ2n) is 6.98. The first-order chi connectivity index (χ1) is 13.9. The zero-order valence-electron chi connectivity index (χ0n) is 16.5. The second kappa shape index (κ2) is 8.91. The number of benzene rings is 2. The molecule has 0 aliphatic rings. The van der Waals surface area contributed by atoms with Gasteiger partial charge in [-0.1, -0.05) is 73.6 Å². The number of hydrogen-bond donors (Lipinski definition) is 2. The molecule has 29 heavy (non-hydrogen) atoms. The van der Waals surface area contributed by atoms with Gasteiger partial charge >= 0.3 is 6.03 Å². The molecule has 0 saturated heterocycles. The van der Waals surface area contributed by atoms with E-state index in [0.717, 1.165) is 16.8 Å². The van der Waals surface area contributed by atoms with Gasteiger partial charge < -0.3 is 5.73 Å². The smallest absolute Gasteiger partial charge is 0.318 e. The zero-order chi connectivity index (χ0) is 21.0. The number of imide groups is 1. The molecule has 0 spiro atoms. The summed E-state index contributed by atoms with van der Waals surface area (Å²) >= 11 is 1.26. The van der Waals surface area contributed by atoms with Gasteiger partial charge in [-0.3, -0.25) is 14.7 Å². The molecule has 1 heterocycles. The number of nitrogens with one attached hydrogen (secondary N) is 1. The minimum atomic E-state index is -0.869. The van der Waals surface area contributed by atoms with Crippen molar-refractivity contribution in [3.63, 3.8) is 0 Å². The maximum atomic E-state index is 12.5. The predicted molar refractivity (Wildman–Crippen MR) is 114 cm³/mol. The quantitative estimate of drug-likeness (QED) is 0.606. The SMILES string of the molecule is Cc1ccc(-n2c(SC(C(=O)NC(N)=O)C(C)C)nnc2-c2ccccc2)cc1. The number of aryl methyl sites for hydroxylation is 1. The average molecular weight is 410 g/mol. The summed E-state index contributed by atoms with van der Waals surface area (Å²) in [6, 6.07) is 16.9. The van der Waals surface area contributed by atoms with E-state index in [1.54, 1.807) is 0 Å². The summed E-state index contributed by atoms with van der Waals surface area (Å²) in [6.07, 6.45) is 0. The molecule has 8 heteroatoms. The third-order valence-electron chi connectivity index (χ3n) is 4.30. The summed E-state index contributed by atoms with van der Waals surface area (Å²) in [6.45, 7) is 5.83. The molecule has 3 N–H and O–H groups in total. The van der Waals surface area contributed by atoms with Crippen molar-refractivity contribution in [2.75, 3.05) is 0 Å². The van der Waals surface area contributed by atoms with Gasteiger partial charge in [0, 0.05) is 11.3 Å². The van der Waals surface area contributed by atoms with Crippen LogP contribution in [0.4, 0.5) is 4.79 Å². The zero-order valence-corrected chi connectivity index (χ0v) is 17.3. The number of carbonyl (C=O) groups excluding carboxylic acids is 2. The molecule has 0 fully saturated rings. The standard InChI is InChI=1S/C21H23N5O2S/c1-13(2)17(19(27)23-20(22)28)29-21-25-24-18(15-7-5-4-6-8-15)26(21)16-11-9-14(3)10-12-16/h4-13,17H,1-3H3,(H3,22,23,27,28). The molecule has 0 saturated carbocycles. The number of nitrogens with zero attached hydrogens (tertiary/aromatic N) is 3.